The highest BCUT2D eigenvalue weighted by atomic mass is 35.5. The second kappa shape index (κ2) is 5.05. The Morgan fingerprint density at radius 1 is 1.50 bits per heavy atom. The largest absolute Gasteiger partial charge is 0.368 e. The second-order valence-electron chi connectivity index (χ2n) is 4.57. The lowest BCUT2D eigenvalue weighted by Crippen LogP contribution is -2.33. The smallest absolute Gasteiger partial charge is 0.223 e. The molecule has 1 atom stereocenters. The van der Waals surface area contributed by atoms with Crippen LogP contribution in [0.15, 0.2) is 24.5 Å². The van der Waals surface area contributed by atoms with Crippen molar-refractivity contribution in [1.82, 2.24) is 15.0 Å². The second-order valence-corrected chi connectivity index (χ2v) is 4.93. The molecule has 2 aromatic heterocycles. The lowest BCUT2D eigenvalue weighted by Gasteiger charge is -2.22. The summed E-state index contributed by atoms with van der Waals surface area (Å²) in [7, 11) is 0. The first kappa shape index (κ1) is 12.8. The molecule has 20 heavy (non-hydrogen) atoms. The summed E-state index contributed by atoms with van der Waals surface area (Å²) in [5.74, 6) is 0.736. The molecule has 3 heterocycles. The van der Waals surface area contributed by atoms with E-state index in [0.29, 0.717) is 23.9 Å². The highest BCUT2D eigenvalue weighted by Crippen LogP contribution is 2.35. The number of pyridine rings is 1. The summed E-state index contributed by atoms with van der Waals surface area (Å²) in [6, 6.07) is 3.49. The van der Waals surface area contributed by atoms with Gasteiger partial charge in [0.2, 0.25) is 5.95 Å². The lowest BCUT2D eigenvalue weighted by molar-refractivity contribution is -0.108. The Bertz CT molecular complexity index is 649. The van der Waals surface area contributed by atoms with Gasteiger partial charge in [0.25, 0.3) is 0 Å². The van der Waals surface area contributed by atoms with Gasteiger partial charge in [-0.25, -0.2) is 4.98 Å². The first-order valence-electron chi connectivity index (χ1n) is 6.11. The van der Waals surface area contributed by atoms with E-state index in [1.54, 1.807) is 12.4 Å². The normalized spacial score (nSPS) is 17.1. The molecule has 0 amide bonds. The summed E-state index contributed by atoms with van der Waals surface area (Å²) in [4.78, 5) is 25.4. The fourth-order valence-corrected chi connectivity index (χ4v) is 2.60. The number of aldehydes is 1. The van der Waals surface area contributed by atoms with Crippen LogP contribution in [0.3, 0.4) is 0 Å². The molecular formula is C13H12ClN5O. The molecule has 0 saturated carbocycles. The van der Waals surface area contributed by atoms with Crippen LogP contribution in [-0.2, 0) is 17.8 Å². The van der Waals surface area contributed by atoms with Gasteiger partial charge in [-0.2, -0.15) is 4.98 Å². The van der Waals surface area contributed by atoms with Crippen LogP contribution in [0.25, 0.3) is 0 Å². The summed E-state index contributed by atoms with van der Waals surface area (Å²) in [6.07, 6.45) is 4.85. The van der Waals surface area contributed by atoms with Crippen molar-refractivity contribution in [3.8, 4) is 0 Å². The number of halogens is 1. The molecule has 7 heteroatoms. The Labute approximate surface area is 120 Å². The Kier molecular flexibility index (Phi) is 3.23. The van der Waals surface area contributed by atoms with Crippen molar-refractivity contribution in [1.29, 1.82) is 0 Å². The minimum absolute atomic E-state index is 0.108. The van der Waals surface area contributed by atoms with Gasteiger partial charge in [0, 0.05) is 30.9 Å². The van der Waals surface area contributed by atoms with E-state index in [1.807, 2.05) is 17.0 Å². The molecule has 1 unspecified atom stereocenters. The minimum Gasteiger partial charge on any atom is -0.368 e. The molecule has 2 aromatic rings. The third kappa shape index (κ3) is 2.18. The van der Waals surface area contributed by atoms with Gasteiger partial charge < -0.3 is 15.4 Å². The van der Waals surface area contributed by atoms with E-state index >= 15 is 0 Å². The number of hydrogen-bond donors (Lipinski definition) is 1. The molecule has 2 N–H and O–H groups in total. The van der Waals surface area contributed by atoms with Crippen LogP contribution in [0.4, 0.5) is 11.8 Å². The summed E-state index contributed by atoms with van der Waals surface area (Å²) in [6.45, 7) is 0.525. The zero-order valence-corrected chi connectivity index (χ0v) is 11.3. The predicted octanol–water partition coefficient (Wildman–Crippen LogP) is 1.24. The average Bonchev–Trinajstić information content (AvgIpc) is 2.78. The third-order valence-electron chi connectivity index (χ3n) is 3.27. The predicted molar refractivity (Wildman–Crippen MR) is 75.4 cm³/mol. The number of carbonyl (C=O) groups is 1. The number of rotatable bonds is 3. The molecule has 0 bridgehead atoms. The van der Waals surface area contributed by atoms with Crippen molar-refractivity contribution in [3.05, 3.63) is 40.8 Å². The number of aromatic nitrogens is 3. The molecule has 3 rings (SSSR count). The number of anilines is 2. The third-order valence-corrected chi connectivity index (χ3v) is 3.58. The Morgan fingerprint density at radius 2 is 2.35 bits per heavy atom. The number of nitrogens with zero attached hydrogens (tertiary/aromatic N) is 4. The van der Waals surface area contributed by atoms with Crippen molar-refractivity contribution in [3.63, 3.8) is 0 Å². The van der Waals surface area contributed by atoms with Crippen LogP contribution >= 0.6 is 11.6 Å². The fraction of sp³-hybridized carbons (Fsp3) is 0.231. The van der Waals surface area contributed by atoms with E-state index < -0.39 is 0 Å². The van der Waals surface area contributed by atoms with E-state index in [-0.39, 0.29) is 12.0 Å². The van der Waals surface area contributed by atoms with Crippen LogP contribution in [0.2, 0.25) is 5.15 Å². The Balaban J connectivity index is 2.00. The molecule has 0 aromatic carbocycles. The molecule has 6 nitrogen and oxygen atoms in total. The van der Waals surface area contributed by atoms with Crippen molar-refractivity contribution < 1.29 is 4.79 Å². The van der Waals surface area contributed by atoms with Crippen LogP contribution in [-0.4, -0.2) is 27.3 Å². The standard InChI is InChI=1S/C13H12ClN5O/c14-11-10-4-9(7-20)19(12(10)18-13(15)17-11)6-8-2-1-3-16-5-8/h1-3,5,7,9H,4,6H2,(H2,15,17,18). The van der Waals surface area contributed by atoms with Gasteiger partial charge in [0.1, 0.15) is 17.3 Å². The number of nitrogen functional groups attached to an aromatic ring is 1. The van der Waals surface area contributed by atoms with Gasteiger partial charge in [0.15, 0.2) is 0 Å². The van der Waals surface area contributed by atoms with Crippen LogP contribution in [0.5, 0.6) is 0 Å². The van der Waals surface area contributed by atoms with Gasteiger partial charge in [0.05, 0.1) is 6.04 Å². The van der Waals surface area contributed by atoms with Gasteiger partial charge in [-0.3, -0.25) is 4.98 Å². The summed E-state index contributed by atoms with van der Waals surface area (Å²) >= 11 is 6.08. The van der Waals surface area contributed by atoms with Crippen LogP contribution < -0.4 is 10.6 Å². The number of hydrogen-bond acceptors (Lipinski definition) is 6. The number of fused-ring (bicyclic) bond motifs is 1. The molecule has 1 aliphatic rings. The minimum atomic E-state index is -0.307. The van der Waals surface area contributed by atoms with E-state index in [1.165, 1.54) is 0 Å². The van der Waals surface area contributed by atoms with Crippen molar-refractivity contribution in [2.75, 3.05) is 10.6 Å². The van der Waals surface area contributed by atoms with Crippen molar-refractivity contribution in [2.45, 2.75) is 19.0 Å². The topological polar surface area (TPSA) is 85.0 Å². The van der Waals surface area contributed by atoms with E-state index in [9.17, 15) is 4.79 Å². The molecule has 0 fully saturated rings. The molecule has 1 aliphatic heterocycles. The monoisotopic (exact) mass is 289 g/mol. The lowest BCUT2D eigenvalue weighted by atomic mass is 10.2. The quantitative estimate of drug-likeness (QED) is 0.676. The summed E-state index contributed by atoms with van der Waals surface area (Å²) < 4.78 is 0. The van der Waals surface area contributed by atoms with Gasteiger partial charge in [-0.1, -0.05) is 17.7 Å². The zero-order chi connectivity index (χ0) is 14.1. The molecule has 0 spiro atoms. The molecule has 0 saturated heterocycles. The van der Waals surface area contributed by atoms with E-state index in [0.717, 1.165) is 17.4 Å². The molecule has 0 radical (unpaired) electrons. The van der Waals surface area contributed by atoms with Crippen molar-refractivity contribution in [2.24, 2.45) is 0 Å². The first-order valence-corrected chi connectivity index (χ1v) is 6.49. The fourth-order valence-electron chi connectivity index (χ4n) is 2.35. The molecule has 102 valence electrons. The Morgan fingerprint density at radius 3 is 3.05 bits per heavy atom. The van der Waals surface area contributed by atoms with Crippen LogP contribution in [0, 0.1) is 0 Å². The zero-order valence-electron chi connectivity index (χ0n) is 10.5. The van der Waals surface area contributed by atoms with Crippen molar-refractivity contribution >= 4 is 29.7 Å². The maximum absolute atomic E-state index is 11.3. The van der Waals surface area contributed by atoms with Gasteiger partial charge in [-0.15, -0.1) is 0 Å². The number of carbonyl (C=O) groups excluding carboxylic acids is 1. The SMILES string of the molecule is Nc1nc(Cl)c2c(n1)N(Cc1cccnc1)C(C=O)C2. The Hall–Kier alpha value is -2.21. The summed E-state index contributed by atoms with van der Waals surface area (Å²) in [5.41, 5.74) is 7.39. The van der Waals surface area contributed by atoms with Crippen LogP contribution in [0.1, 0.15) is 11.1 Å². The average molecular weight is 290 g/mol. The van der Waals surface area contributed by atoms with E-state index in [2.05, 4.69) is 15.0 Å². The maximum atomic E-state index is 11.3. The van der Waals surface area contributed by atoms with Gasteiger partial charge in [-0.05, 0) is 11.6 Å². The summed E-state index contributed by atoms with van der Waals surface area (Å²) in [5, 5.41) is 0.313. The van der Waals surface area contributed by atoms with E-state index in [4.69, 9.17) is 17.3 Å². The first-order chi connectivity index (χ1) is 9.69. The molecular weight excluding hydrogens is 278 g/mol. The highest BCUT2D eigenvalue weighted by Gasteiger charge is 2.33. The van der Waals surface area contributed by atoms with Gasteiger partial charge >= 0.3 is 0 Å². The molecule has 0 aliphatic carbocycles. The number of nitrogens with two attached hydrogens (primary N) is 1. The maximum Gasteiger partial charge on any atom is 0.223 e. The highest BCUT2D eigenvalue weighted by molar-refractivity contribution is 6.30.